The Kier molecular flexibility index (Phi) is 5.49. The lowest BCUT2D eigenvalue weighted by atomic mass is 9.82. The van der Waals surface area contributed by atoms with Gasteiger partial charge in [0.25, 0.3) is 0 Å². The molecular formula is C8H15ClN2O3. The molecule has 0 aliphatic heterocycles. The topological polar surface area (TPSA) is 92.4 Å². The number of hydrogen-bond acceptors (Lipinski definition) is 3. The molecule has 0 atom stereocenters. The van der Waals surface area contributed by atoms with E-state index in [4.69, 9.17) is 10.9 Å². The van der Waals surface area contributed by atoms with Crippen molar-refractivity contribution in [3.05, 3.63) is 0 Å². The first-order valence-corrected chi connectivity index (χ1v) is 4.38. The second kappa shape index (κ2) is 5.82. The van der Waals surface area contributed by atoms with Crippen molar-refractivity contribution in [3.63, 3.8) is 0 Å². The zero-order valence-corrected chi connectivity index (χ0v) is 8.55. The molecule has 0 aromatic rings. The molecule has 0 aromatic heterocycles. The van der Waals surface area contributed by atoms with Crippen LogP contribution in [-0.4, -0.2) is 17.0 Å². The molecule has 1 amide bonds. The summed E-state index contributed by atoms with van der Waals surface area (Å²) in [5.41, 5.74) is 2.09. The molecule has 0 spiro atoms. The Morgan fingerprint density at radius 3 is 1.93 bits per heavy atom. The van der Waals surface area contributed by atoms with E-state index in [9.17, 15) is 9.59 Å². The monoisotopic (exact) mass is 222 g/mol. The first kappa shape index (κ1) is 13.2. The quantitative estimate of drug-likeness (QED) is 0.356. The van der Waals surface area contributed by atoms with Crippen LogP contribution in [0.4, 0.5) is 0 Å². The maximum atomic E-state index is 11.1. The zero-order valence-electron chi connectivity index (χ0n) is 7.73. The molecule has 0 aromatic carbocycles. The van der Waals surface area contributed by atoms with Crippen molar-refractivity contribution in [1.29, 1.82) is 0 Å². The van der Waals surface area contributed by atoms with Crippen molar-refractivity contribution >= 4 is 24.3 Å². The summed E-state index contributed by atoms with van der Waals surface area (Å²) in [5, 5.41) is 8.70. The molecule has 1 rings (SSSR count). The summed E-state index contributed by atoms with van der Waals surface area (Å²) in [6.07, 6.45) is 2.40. The Bertz CT molecular complexity index is 215. The lowest BCUT2D eigenvalue weighted by Crippen LogP contribution is -2.38. The molecule has 0 radical (unpaired) electrons. The van der Waals surface area contributed by atoms with Gasteiger partial charge in [0.2, 0.25) is 5.91 Å². The fraction of sp³-hybridized carbons (Fsp3) is 0.750. The van der Waals surface area contributed by atoms with Gasteiger partial charge in [-0.3, -0.25) is 15.0 Å². The third-order valence-corrected chi connectivity index (χ3v) is 2.59. The smallest absolute Gasteiger partial charge is 0.306 e. The van der Waals surface area contributed by atoms with E-state index in [0.29, 0.717) is 25.7 Å². The fourth-order valence-corrected chi connectivity index (χ4v) is 1.72. The predicted octanol–water partition coefficient (Wildman–Crippen LogP) is 0.289. The van der Waals surface area contributed by atoms with E-state index < -0.39 is 5.97 Å². The Morgan fingerprint density at radius 2 is 1.57 bits per heavy atom. The highest BCUT2D eigenvalue weighted by Crippen LogP contribution is 2.28. The van der Waals surface area contributed by atoms with E-state index in [0.717, 1.165) is 0 Å². The summed E-state index contributed by atoms with van der Waals surface area (Å²) in [6.45, 7) is 0. The Hall–Kier alpha value is -0.810. The number of aliphatic carboxylic acids is 1. The molecule has 4 N–H and O–H groups in total. The van der Waals surface area contributed by atoms with Crippen molar-refractivity contribution in [2.24, 2.45) is 17.7 Å². The van der Waals surface area contributed by atoms with E-state index in [-0.39, 0.29) is 30.2 Å². The molecule has 1 fully saturated rings. The van der Waals surface area contributed by atoms with Crippen LogP contribution in [0.25, 0.3) is 0 Å². The van der Waals surface area contributed by atoms with Crippen LogP contribution in [-0.2, 0) is 9.59 Å². The number of rotatable bonds is 2. The van der Waals surface area contributed by atoms with Gasteiger partial charge in [-0.1, -0.05) is 0 Å². The molecule has 0 unspecified atom stereocenters. The van der Waals surface area contributed by atoms with E-state index >= 15 is 0 Å². The normalized spacial score (nSPS) is 26.1. The average molecular weight is 223 g/mol. The molecule has 1 aliphatic rings. The van der Waals surface area contributed by atoms with Crippen LogP contribution in [0.5, 0.6) is 0 Å². The van der Waals surface area contributed by atoms with Crippen molar-refractivity contribution in [3.8, 4) is 0 Å². The second-order valence-corrected chi connectivity index (χ2v) is 3.40. The van der Waals surface area contributed by atoms with Crippen LogP contribution in [0, 0.1) is 11.8 Å². The van der Waals surface area contributed by atoms with Gasteiger partial charge in [-0.25, -0.2) is 5.84 Å². The lowest BCUT2D eigenvalue weighted by molar-refractivity contribution is -0.144. The van der Waals surface area contributed by atoms with Crippen molar-refractivity contribution < 1.29 is 14.7 Å². The van der Waals surface area contributed by atoms with Gasteiger partial charge in [-0.05, 0) is 25.7 Å². The largest absolute Gasteiger partial charge is 0.481 e. The summed E-state index contributed by atoms with van der Waals surface area (Å²) >= 11 is 0. The molecule has 82 valence electrons. The molecule has 6 heteroatoms. The predicted molar refractivity (Wildman–Crippen MR) is 52.7 cm³/mol. The van der Waals surface area contributed by atoms with Crippen LogP contribution >= 0.6 is 12.4 Å². The van der Waals surface area contributed by atoms with Crippen LogP contribution in [0.1, 0.15) is 25.7 Å². The van der Waals surface area contributed by atoms with Gasteiger partial charge in [0, 0.05) is 5.92 Å². The minimum Gasteiger partial charge on any atom is -0.481 e. The lowest BCUT2D eigenvalue weighted by Gasteiger charge is -2.24. The highest BCUT2D eigenvalue weighted by Gasteiger charge is 2.29. The number of halogens is 1. The maximum Gasteiger partial charge on any atom is 0.306 e. The van der Waals surface area contributed by atoms with Crippen LogP contribution in [0.15, 0.2) is 0 Å². The van der Waals surface area contributed by atoms with Gasteiger partial charge in [0.1, 0.15) is 0 Å². The first-order valence-electron chi connectivity index (χ1n) is 4.38. The number of carbonyl (C=O) groups is 2. The SMILES string of the molecule is Cl.NNC(=O)C1CCC(C(=O)O)CC1. The van der Waals surface area contributed by atoms with E-state index in [1.165, 1.54) is 0 Å². The molecule has 0 saturated heterocycles. The fourth-order valence-electron chi connectivity index (χ4n) is 1.72. The van der Waals surface area contributed by atoms with Gasteiger partial charge in [0.05, 0.1) is 5.92 Å². The minimum atomic E-state index is -0.758. The summed E-state index contributed by atoms with van der Waals surface area (Å²) in [5.74, 6) is 3.67. The van der Waals surface area contributed by atoms with E-state index in [1.807, 2.05) is 0 Å². The molecule has 0 bridgehead atoms. The minimum absolute atomic E-state index is 0. The summed E-state index contributed by atoms with van der Waals surface area (Å²) in [4.78, 5) is 21.6. The maximum absolute atomic E-state index is 11.1. The molecule has 1 saturated carbocycles. The van der Waals surface area contributed by atoms with Crippen molar-refractivity contribution in [1.82, 2.24) is 5.43 Å². The van der Waals surface area contributed by atoms with Gasteiger partial charge < -0.3 is 5.11 Å². The zero-order chi connectivity index (χ0) is 9.84. The summed E-state index contributed by atoms with van der Waals surface area (Å²) in [6, 6.07) is 0. The Labute approximate surface area is 88.4 Å². The number of nitrogens with one attached hydrogen (secondary N) is 1. The van der Waals surface area contributed by atoms with Gasteiger partial charge in [-0.15, -0.1) is 12.4 Å². The van der Waals surface area contributed by atoms with E-state index in [1.54, 1.807) is 0 Å². The summed E-state index contributed by atoms with van der Waals surface area (Å²) < 4.78 is 0. The van der Waals surface area contributed by atoms with E-state index in [2.05, 4.69) is 5.43 Å². The van der Waals surface area contributed by atoms with Crippen LogP contribution in [0.3, 0.4) is 0 Å². The van der Waals surface area contributed by atoms with Crippen molar-refractivity contribution in [2.75, 3.05) is 0 Å². The molecule has 14 heavy (non-hydrogen) atoms. The van der Waals surface area contributed by atoms with Gasteiger partial charge >= 0.3 is 5.97 Å². The third kappa shape index (κ3) is 3.16. The Morgan fingerprint density at radius 1 is 1.14 bits per heavy atom. The molecule has 1 aliphatic carbocycles. The Balaban J connectivity index is 0.00000169. The standard InChI is InChI=1S/C8H14N2O3.ClH/c9-10-7(11)5-1-3-6(4-2-5)8(12)13;/h5-6H,1-4,9H2,(H,10,11)(H,12,13);1H. The average Bonchev–Trinajstić information content (AvgIpc) is 2.17. The van der Waals surface area contributed by atoms with Crippen LogP contribution in [0.2, 0.25) is 0 Å². The number of carboxylic acid groups (broad SMARTS) is 1. The number of carboxylic acids is 1. The van der Waals surface area contributed by atoms with Gasteiger partial charge in [0.15, 0.2) is 0 Å². The molecule has 5 nitrogen and oxygen atoms in total. The third-order valence-electron chi connectivity index (χ3n) is 2.59. The first-order chi connectivity index (χ1) is 6.15. The molecular weight excluding hydrogens is 208 g/mol. The number of hydrazine groups is 1. The van der Waals surface area contributed by atoms with Gasteiger partial charge in [-0.2, -0.15) is 0 Å². The number of carbonyl (C=O) groups excluding carboxylic acids is 1. The number of hydrogen-bond donors (Lipinski definition) is 3. The molecule has 0 heterocycles. The number of amides is 1. The number of nitrogens with two attached hydrogens (primary N) is 1. The van der Waals surface area contributed by atoms with Crippen LogP contribution < -0.4 is 11.3 Å². The highest BCUT2D eigenvalue weighted by atomic mass is 35.5. The summed E-state index contributed by atoms with van der Waals surface area (Å²) in [7, 11) is 0. The second-order valence-electron chi connectivity index (χ2n) is 3.40. The van der Waals surface area contributed by atoms with Crippen molar-refractivity contribution in [2.45, 2.75) is 25.7 Å². The highest BCUT2D eigenvalue weighted by molar-refractivity contribution is 5.85.